The highest BCUT2D eigenvalue weighted by atomic mass is 16.6. The summed E-state index contributed by atoms with van der Waals surface area (Å²) in [6, 6.07) is 14.7. The fourth-order valence-electron chi connectivity index (χ4n) is 4.51. The molecule has 196 valence electrons. The summed E-state index contributed by atoms with van der Waals surface area (Å²) < 4.78 is 8.54. The molecule has 0 aliphatic carbocycles. The number of nitrogens with zero attached hydrogens (tertiary/aromatic N) is 5. The van der Waals surface area contributed by atoms with E-state index in [0.717, 1.165) is 30.6 Å². The molecule has 11 heteroatoms. The van der Waals surface area contributed by atoms with E-state index < -0.39 is 11.0 Å². The van der Waals surface area contributed by atoms with Crippen LogP contribution in [0.2, 0.25) is 0 Å². The van der Waals surface area contributed by atoms with Crippen LogP contribution in [0, 0.1) is 10.1 Å². The Hall–Kier alpha value is -3.96. The van der Waals surface area contributed by atoms with E-state index >= 15 is 0 Å². The van der Waals surface area contributed by atoms with Gasteiger partial charge in [-0.25, -0.2) is 4.79 Å². The Morgan fingerprint density at radius 3 is 2.38 bits per heavy atom. The standard InChI is InChI=1S/C26H31N5O6/c1-27-23(18-24(32)28(2)26(27)34)30-14-12-29(13-15-30)11-6-16-37-22-10-9-20(31(35)36)17-21(22)25(33)19-7-4-3-5-8-19/h3-5,7-10,17-18,25,33H,6,11-16H2,1-2H3. The lowest BCUT2D eigenvalue weighted by atomic mass is 10.00. The number of anilines is 1. The highest BCUT2D eigenvalue weighted by molar-refractivity contribution is 5.47. The van der Waals surface area contributed by atoms with Crippen molar-refractivity contribution < 1.29 is 14.8 Å². The van der Waals surface area contributed by atoms with Gasteiger partial charge in [0.1, 0.15) is 17.7 Å². The summed E-state index contributed by atoms with van der Waals surface area (Å²) in [5.74, 6) is 1.04. The zero-order valence-electron chi connectivity index (χ0n) is 20.9. The molecular formula is C26H31N5O6. The van der Waals surface area contributed by atoms with Gasteiger partial charge in [-0.05, 0) is 18.1 Å². The minimum Gasteiger partial charge on any atom is -0.493 e. The van der Waals surface area contributed by atoms with E-state index in [9.17, 15) is 24.8 Å². The van der Waals surface area contributed by atoms with E-state index in [-0.39, 0.29) is 16.9 Å². The first kappa shape index (κ1) is 26.1. The first-order chi connectivity index (χ1) is 17.8. The summed E-state index contributed by atoms with van der Waals surface area (Å²) in [6.07, 6.45) is -0.322. The van der Waals surface area contributed by atoms with Gasteiger partial charge in [0.05, 0.1) is 11.5 Å². The van der Waals surface area contributed by atoms with Gasteiger partial charge in [0.15, 0.2) is 0 Å². The van der Waals surface area contributed by atoms with Crippen LogP contribution >= 0.6 is 0 Å². The van der Waals surface area contributed by atoms with Gasteiger partial charge in [0.2, 0.25) is 0 Å². The predicted molar refractivity (Wildman–Crippen MR) is 139 cm³/mol. The number of piperazine rings is 1. The average Bonchev–Trinajstić information content (AvgIpc) is 2.92. The van der Waals surface area contributed by atoms with Crippen LogP contribution in [0.25, 0.3) is 0 Å². The summed E-state index contributed by atoms with van der Waals surface area (Å²) in [6.45, 7) is 4.11. The minimum absolute atomic E-state index is 0.107. The van der Waals surface area contributed by atoms with E-state index in [1.54, 1.807) is 31.3 Å². The molecule has 0 saturated carbocycles. The Kier molecular flexibility index (Phi) is 8.04. The van der Waals surface area contributed by atoms with Crippen LogP contribution in [0.1, 0.15) is 23.7 Å². The molecule has 2 heterocycles. The van der Waals surface area contributed by atoms with Crippen LogP contribution in [0.3, 0.4) is 0 Å². The van der Waals surface area contributed by atoms with Crippen molar-refractivity contribution in [3.8, 4) is 5.75 Å². The second kappa shape index (κ2) is 11.4. The van der Waals surface area contributed by atoms with E-state index in [4.69, 9.17) is 4.74 Å². The fraction of sp³-hybridized carbons (Fsp3) is 0.385. The van der Waals surface area contributed by atoms with Gasteiger partial charge < -0.3 is 14.7 Å². The van der Waals surface area contributed by atoms with Gasteiger partial charge in [-0.15, -0.1) is 0 Å². The molecule has 1 aromatic heterocycles. The van der Waals surface area contributed by atoms with Crippen LogP contribution in [-0.4, -0.2) is 63.4 Å². The zero-order valence-corrected chi connectivity index (χ0v) is 20.9. The molecule has 37 heavy (non-hydrogen) atoms. The number of aromatic nitrogens is 2. The predicted octanol–water partition coefficient (Wildman–Crippen LogP) is 1.66. The summed E-state index contributed by atoms with van der Waals surface area (Å²) >= 11 is 0. The molecule has 1 unspecified atom stereocenters. The normalized spacial score (nSPS) is 14.9. The molecule has 1 aliphatic rings. The first-order valence-electron chi connectivity index (χ1n) is 12.1. The van der Waals surface area contributed by atoms with Crippen molar-refractivity contribution in [2.24, 2.45) is 14.1 Å². The maximum Gasteiger partial charge on any atom is 0.332 e. The SMILES string of the molecule is Cn1c(N2CCN(CCCOc3ccc([N+](=O)[O-])cc3C(O)c3ccccc3)CC2)cc(=O)n(C)c1=O. The average molecular weight is 510 g/mol. The fourth-order valence-corrected chi connectivity index (χ4v) is 4.51. The van der Waals surface area contributed by atoms with Crippen molar-refractivity contribution in [2.75, 3.05) is 44.2 Å². The van der Waals surface area contributed by atoms with Gasteiger partial charge in [-0.1, -0.05) is 30.3 Å². The monoisotopic (exact) mass is 509 g/mol. The third kappa shape index (κ3) is 5.89. The van der Waals surface area contributed by atoms with Crippen molar-refractivity contribution >= 4 is 11.5 Å². The first-order valence-corrected chi connectivity index (χ1v) is 12.1. The molecule has 0 bridgehead atoms. The highest BCUT2D eigenvalue weighted by Crippen LogP contribution is 2.33. The smallest absolute Gasteiger partial charge is 0.332 e. The number of hydrogen-bond donors (Lipinski definition) is 1. The van der Waals surface area contributed by atoms with Crippen molar-refractivity contribution in [3.63, 3.8) is 0 Å². The largest absolute Gasteiger partial charge is 0.493 e. The number of nitro groups is 1. The van der Waals surface area contributed by atoms with Gasteiger partial charge in [0, 0.05) is 70.6 Å². The minimum atomic E-state index is -1.05. The third-order valence-corrected chi connectivity index (χ3v) is 6.69. The van der Waals surface area contributed by atoms with Crippen LogP contribution in [0.15, 0.2) is 64.2 Å². The van der Waals surface area contributed by atoms with Crippen molar-refractivity contribution in [1.29, 1.82) is 0 Å². The molecule has 1 N–H and O–H groups in total. The number of aliphatic hydroxyl groups excluding tert-OH is 1. The molecule has 11 nitrogen and oxygen atoms in total. The van der Waals surface area contributed by atoms with Crippen LogP contribution in [0.4, 0.5) is 11.5 Å². The molecule has 1 aliphatic heterocycles. The lowest BCUT2D eigenvalue weighted by Crippen LogP contribution is -2.49. The maximum absolute atomic E-state index is 12.2. The molecule has 1 saturated heterocycles. The van der Waals surface area contributed by atoms with Gasteiger partial charge >= 0.3 is 5.69 Å². The Labute approximate surface area is 213 Å². The second-order valence-electron chi connectivity index (χ2n) is 9.06. The second-order valence-corrected chi connectivity index (χ2v) is 9.06. The van der Waals surface area contributed by atoms with Crippen molar-refractivity contribution in [3.05, 3.63) is 96.7 Å². The molecule has 0 radical (unpaired) electrons. The number of ether oxygens (including phenoxy) is 1. The highest BCUT2D eigenvalue weighted by Gasteiger charge is 2.22. The van der Waals surface area contributed by atoms with E-state index in [1.807, 2.05) is 11.0 Å². The van der Waals surface area contributed by atoms with Gasteiger partial charge in [-0.3, -0.25) is 28.9 Å². The van der Waals surface area contributed by atoms with Crippen LogP contribution in [0.5, 0.6) is 5.75 Å². The van der Waals surface area contributed by atoms with Crippen molar-refractivity contribution in [1.82, 2.24) is 14.0 Å². The van der Waals surface area contributed by atoms with E-state index in [1.165, 1.54) is 35.9 Å². The molecule has 0 spiro atoms. The number of aliphatic hydroxyl groups is 1. The molecule has 0 amide bonds. The molecule has 4 rings (SSSR count). The number of hydrogen-bond acceptors (Lipinski definition) is 8. The van der Waals surface area contributed by atoms with Crippen LogP contribution < -0.4 is 20.9 Å². The molecule has 1 fully saturated rings. The van der Waals surface area contributed by atoms with Gasteiger partial charge in [-0.2, -0.15) is 0 Å². The zero-order chi connectivity index (χ0) is 26.5. The third-order valence-electron chi connectivity index (χ3n) is 6.69. The summed E-state index contributed by atoms with van der Waals surface area (Å²) in [5, 5.41) is 22.1. The van der Waals surface area contributed by atoms with Gasteiger partial charge in [0.25, 0.3) is 11.2 Å². The Morgan fingerprint density at radius 1 is 1.00 bits per heavy atom. The topological polar surface area (TPSA) is 123 Å². The Balaban J connectivity index is 1.33. The van der Waals surface area contributed by atoms with E-state index in [2.05, 4.69) is 4.90 Å². The number of rotatable bonds is 9. The molecule has 1 atom stereocenters. The molecule has 3 aromatic rings. The van der Waals surface area contributed by atoms with Crippen molar-refractivity contribution in [2.45, 2.75) is 12.5 Å². The van der Waals surface area contributed by atoms with Crippen LogP contribution in [-0.2, 0) is 14.1 Å². The summed E-state index contributed by atoms with van der Waals surface area (Å²) in [5.41, 5.74) is 0.211. The Morgan fingerprint density at radius 2 is 1.70 bits per heavy atom. The number of benzene rings is 2. The number of nitro benzene ring substituents is 1. The number of non-ortho nitro benzene ring substituents is 1. The lowest BCUT2D eigenvalue weighted by molar-refractivity contribution is -0.385. The molecule has 2 aromatic carbocycles. The Bertz CT molecular complexity index is 1360. The van der Waals surface area contributed by atoms with E-state index in [0.29, 0.717) is 42.4 Å². The quantitative estimate of drug-likeness (QED) is 0.263. The summed E-state index contributed by atoms with van der Waals surface area (Å²) in [4.78, 5) is 39.4. The summed E-state index contributed by atoms with van der Waals surface area (Å²) in [7, 11) is 3.14. The maximum atomic E-state index is 12.2. The molecular weight excluding hydrogens is 478 g/mol. The lowest BCUT2D eigenvalue weighted by Gasteiger charge is -2.36.